The fraction of sp³-hybridized carbons (Fsp3) is 0.458. The first-order valence-electron chi connectivity index (χ1n) is 10.7. The highest BCUT2D eigenvalue weighted by Crippen LogP contribution is 2.42. The number of carbonyl (C=O) groups excluding carboxylic acids is 1. The minimum Gasteiger partial charge on any atom is -0.369 e. The van der Waals surface area contributed by atoms with Crippen LogP contribution in [-0.4, -0.2) is 43.5 Å². The van der Waals surface area contributed by atoms with Crippen LogP contribution in [0.1, 0.15) is 38.2 Å². The van der Waals surface area contributed by atoms with Crippen LogP contribution in [-0.2, 0) is 10.2 Å². The summed E-state index contributed by atoms with van der Waals surface area (Å²) in [6.07, 6.45) is 4.10. The Balaban J connectivity index is 1.44. The van der Waals surface area contributed by atoms with Gasteiger partial charge in [-0.2, -0.15) is 0 Å². The van der Waals surface area contributed by atoms with Crippen LogP contribution in [0.4, 0.5) is 11.4 Å². The zero-order valence-electron chi connectivity index (χ0n) is 16.9. The molecule has 2 fully saturated rings. The second-order valence-electron chi connectivity index (χ2n) is 8.08. The topological polar surface area (TPSA) is 35.6 Å². The molecular weight excluding hydrogens is 346 g/mol. The van der Waals surface area contributed by atoms with Crippen molar-refractivity contribution in [2.45, 2.75) is 38.0 Å². The predicted molar refractivity (Wildman–Crippen MR) is 116 cm³/mol. The Labute approximate surface area is 168 Å². The Morgan fingerprint density at radius 3 is 2.18 bits per heavy atom. The van der Waals surface area contributed by atoms with Gasteiger partial charge in [0.25, 0.3) is 0 Å². The van der Waals surface area contributed by atoms with E-state index in [9.17, 15) is 4.79 Å². The number of amides is 1. The van der Waals surface area contributed by atoms with Crippen molar-refractivity contribution < 1.29 is 4.79 Å². The summed E-state index contributed by atoms with van der Waals surface area (Å²) in [6, 6.07) is 18.7. The SMILES string of the molecule is CCN1CCN(c2ccc(NC(=O)C3(c4ccccc4)CCCC3)cc2)CC1. The molecule has 28 heavy (non-hydrogen) atoms. The highest BCUT2D eigenvalue weighted by molar-refractivity contribution is 5.99. The number of likely N-dealkylation sites (N-methyl/N-ethyl adjacent to an activating group) is 1. The maximum Gasteiger partial charge on any atom is 0.235 e. The van der Waals surface area contributed by atoms with E-state index in [1.54, 1.807) is 0 Å². The molecule has 4 heteroatoms. The lowest BCUT2D eigenvalue weighted by atomic mass is 9.78. The third-order valence-electron chi connectivity index (χ3n) is 6.53. The summed E-state index contributed by atoms with van der Waals surface area (Å²) in [5, 5.41) is 3.20. The van der Waals surface area contributed by atoms with Crippen LogP contribution in [0.3, 0.4) is 0 Å². The van der Waals surface area contributed by atoms with Crippen molar-refractivity contribution in [1.82, 2.24) is 4.90 Å². The van der Waals surface area contributed by atoms with Crippen molar-refractivity contribution in [1.29, 1.82) is 0 Å². The van der Waals surface area contributed by atoms with E-state index in [0.29, 0.717) is 0 Å². The van der Waals surface area contributed by atoms with Crippen LogP contribution in [0.15, 0.2) is 54.6 Å². The van der Waals surface area contributed by atoms with E-state index in [1.807, 2.05) is 30.3 Å². The van der Waals surface area contributed by atoms with Crippen LogP contribution in [0.2, 0.25) is 0 Å². The number of piperazine rings is 1. The molecule has 2 aromatic carbocycles. The highest BCUT2D eigenvalue weighted by atomic mass is 16.2. The number of rotatable bonds is 5. The lowest BCUT2D eigenvalue weighted by Crippen LogP contribution is -2.46. The van der Waals surface area contributed by atoms with E-state index in [1.165, 1.54) is 5.69 Å². The fourth-order valence-corrected chi connectivity index (χ4v) is 4.71. The molecule has 0 aromatic heterocycles. The number of anilines is 2. The highest BCUT2D eigenvalue weighted by Gasteiger charge is 2.42. The minimum absolute atomic E-state index is 0.139. The first-order valence-corrected chi connectivity index (χ1v) is 10.7. The lowest BCUT2D eigenvalue weighted by molar-refractivity contribution is -0.121. The molecule has 0 radical (unpaired) electrons. The second-order valence-corrected chi connectivity index (χ2v) is 8.08. The van der Waals surface area contributed by atoms with Gasteiger partial charge >= 0.3 is 0 Å². The third kappa shape index (κ3) is 3.79. The summed E-state index contributed by atoms with van der Waals surface area (Å²) in [5.41, 5.74) is 2.90. The summed E-state index contributed by atoms with van der Waals surface area (Å²) in [5.74, 6) is 0.139. The molecule has 1 aliphatic heterocycles. The van der Waals surface area contributed by atoms with Gasteiger partial charge in [0.2, 0.25) is 5.91 Å². The third-order valence-corrected chi connectivity index (χ3v) is 6.53. The van der Waals surface area contributed by atoms with Gasteiger partial charge in [-0.1, -0.05) is 50.1 Å². The molecule has 1 N–H and O–H groups in total. The number of carbonyl (C=O) groups is 1. The molecule has 1 aliphatic carbocycles. The van der Waals surface area contributed by atoms with E-state index in [-0.39, 0.29) is 11.3 Å². The van der Waals surface area contributed by atoms with Crippen LogP contribution in [0.25, 0.3) is 0 Å². The first-order chi connectivity index (χ1) is 13.7. The average molecular weight is 378 g/mol. The van der Waals surface area contributed by atoms with Crippen molar-refractivity contribution in [3.05, 3.63) is 60.2 Å². The van der Waals surface area contributed by atoms with Gasteiger partial charge in [0.05, 0.1) is 5.41 Å². The second kappa shape index (κ2) is 8.36. The van der Waals surface area contributed by atoms with E-state index in [0.717, 1.165) is 69.7 Å². The number of nitrogens with one attached hydrogen (secondary N) is 1. The van der Waals surface area contributed by atoms with E-state index >= 15 is 0 Å². The van der Waals surface area contributed by atoms with Crippen molar-refractivity contribution in [2.75, 3.05) is 42.9 Å². The van der Waals surface area contributed by atoms with Gasteiger partial charge in [0.1, 0.15) is 0 Å². The maximum absolute atomic E-state index is 13.3. The number of hydrogen-bond acceptors (Lipinski definition) is 3. The Kier molecular flexibility index (Phi) is 5.67. The predicted octanol–water partition coefficient (Wildman–Crippen LogP) is 4.28. The van der Waals surface area contributed by atoms with Gasteiger partial charge in [-0.05, 0) is 49.2 Å². The molecule has 4 nitrogen and oxygen atoms in total. The molecule has 4 rings (SSSR count). The zero-order valence-corrected chi connectivity index (χ0v) is 16.9. The summed E-state index contributed by atoms with van der Waals surface area (Å²) in [6.45, 7) is 7.72. The summed E-state index contributed by atoms with van der Waals surface area (Å²) >= 11 is 0. The van der Waals surface area contributed by atoms with E-state index < -0.39 is 0 Å². The van der Waals surface area contributed by atoms with Crippen molar-refractivity contribution >= 4 is 17.3 Å². The van der Waals surface area contributed by atoms with Crippen molar-refractivity contribution in [3.63, 3.8) is 0 Å². The molecular formula is C24H31N3O. The zero-order chi connectivity index (χ0) is 19.4. The van der Waals surface area contributed by atoms with Gasteiger partial charge in [-0.25, -0.2) is 0 Å². The van der Waals surface area contributed by atoms with Crippen molar-refractivity contribution in [3.8, 4) is 0 Å². The number of nitrogens with zero attached hydrogens (tertiary/aromatic N) is 2. The first kappa shape index (κ1) is 19.0. The molecule has 1 heterocycles. The summed E-state index contributed by atoms with van der Waals surface area (Å²) < 4.78 is 0. The molecule has 0 unspecified atom stereocenters. The summed E-state index contributed by atoms with van der Waals surface area (Å²) in [4.78, 5) is 18.2. The molecule has 148 valence electrons. The van der Waals surface area contributed by atoms with E-state index in [2.05, 4.69) is 46.3 Å². The van der Waals surface area contributed by atoms with Crippen molar-refractivity contribution in [2.24, 2.45) is 0 Å². The number of benzene rings is 2. The molecule has 0 atom stereocenters. The molecule has 1 amide bonds. The fourth-order valence-electron chi connectivity index (χ4n) is 4.71. The largest absolute Gasteiger partial charge is 0.369 e. The smallest absolute Gasteiger partial charge is 0.235 e. The molecule has 1 saturated heterocycles. The van der Waals surface area contributed by atoms with Gasteiger partial charge in [0, 0.05) is 37.6 Å². The van der Waals surface area contributed by atoms with E-state index in [4.69, 9.17) is 0 Å². The Hall–Kier alpha value is -2.33. The normalized spacial score (nSPS) is 19.5. The van der Waals surface area contributed by atoms with Crippen LogP contribution < -0.4 is 10.2 Å². The number of hydrogen-bond donors (Lipinski definition) is 1. The standard InChI is InChI=1S/C24H31N3O/c1-2-26-16-18-27(19-17-26)22-12-10-21(11-13-22)25-23(28)24(14-6-7-15-24)20-8-4-3-5-9-20/h3-5,8-13H,2,6-7,14-19H2,1H3,(H,25,28). The molecule has 2 aliphatic rings. The monoisotopic (exact) mass is 377 g/mol. The maximum atomic E-state index is 13.3. The van der Waals surface area contributed by atoms with Crippen LogP contribution in [0.5, 0.6) is 0 Å². The molecule has 0 spiro atoms. The van der Waals surface area contributed by atoms with Crippen LogP contribution in [0, 0.1) is 0 Å². The molecule has 1 saturated carbocycles. The van der Waals surface area contributed by atoms with Crippen LogP contribution >= 0.6 is 0 Å². The molecule has 2 aromatic rings. The lowest BCUT2D eigenvalue weighted by Gasteiger charge is -2.35. The summed E-state index contributed by atoms with van der Waals surface area (Å²) in [7, 11) is 0. The Morgan fingerprint density at radius 2 is 1.57 bits per heavy atom. The molecule has 0 bridgehead atoms. The Morgan fingerprint density at radius 1 is 0.929 bits per heavy atom. The van der Waals surface area contributed by atoms with Gasteiger partial charge < -0.3 is 15.1 Å². The average Bonchev–Trinajstić information content (AvgIpc) is 3.26. The minimum atomic E-state index is -0.379. The van der Waals surface area contributed by atoms with Gasteiger partial charge in [-0.3, -0.25) is 4.79 Å². The van der Waals surface area contributed by atoms with Gasteiger partial charge in [0.15, 0.2) is 0 Å². The Bertz CT molecular complexity index is 773. The quantitative estimate of drug-likeness (QED) is 0.845. The van der Waals surface area contributed by atoms with Gasteiger partial charge in [-0.15, -0.1) is 0 Å².